The molecule has 15 heavy (non-hydrogen) atoms. The lowest BCUT2D eigenvalue weighted by molar-refractivity contribution is 0.387. The van der Waals surface area contributed by atoms with Crippen LogP contribution >= 0.6 is 15.9 Å². The summed E-state index contributed by atoms with van der Waals surface area (Å²) in [6.07, 6.45) is 0. The zero-order valence-electron chi connectivity index (χ0n) is 8.33. The van der Waals surface area contributed by atoms with E-state index >= 15 is 0 Å². The Morgan fingerprint density at radius 3 is 2.87 bits per heavy atom. The van der Waals surface area contributed by atoms with Crippen molar-refractivity contribution in [3.63, 3.8) is 0 Å². The smallest absolute Gasteiger partial charge is 0.150 e. The van der Waals surface area contributed by atoms with E-state index in [4.69, 9.17) is 10.3 Å². The highest BCUT2D eigenvalue weighted by Crippen LogP contribution is 2.28. The van der Waals surface area contributed by atoms with Gasteiger partial charge in [0.2, 0.25) is 0 Å². The lowest BCUT2D eigenvalue weighted by Gasteiger charge is -2.00. The van der Waals surface area contributed by atoms with Crippen LogP contribution in [-0.2, 0) is 6.54 Å². The molecule has 2 N–H and O–H groups in total. The minimum atomic E-state index is 0.371. The zero-order chi connectivity index (χ0) is 10.8. The third kappa shape index (κ3) is 2.11. The molecule has 1 heterocycles. The average Bonchev–Trinajstić information content (AvgIpc) is 2.70. The molecule has 0 aliphatic heterocycles. The quantitative estimate of drug-likeness (QED) is 0.910. The van der Waals surface area contributed by atoms with Crippen molar-refractivity contribution in [3.05, 3.63) is 40.1 Å². The van der Waals surface area contributed by atoms with E-state index in [9.17, 15) is 0 Å². The van der Waals surface area contributed by atoms with Crippen molar-refractivity contribution in [2.45, 2.75) is 13.5 Å². The first-order valence-corrected chi connectivity index (χ1v) is 5.42. The van der Waals surface area contributed by atoms with E-state index in [1.54, 1.807) is 0 Å². The Morgan fingerprint density at radius 2 is 2.20 bits per heavy atom. The lowest BCUT2D eigenvalue weighted by atomic mass is 10.1. The maximum absolute atomic E-state index is 5.46. The summed E-state index contributed by atoms with van der Waals surface area (Å²) in [4.78, 5) is 0. The van der Waals surface area contributed by atoms with Gasteiger partial charge in [0.05, 0.1) is 6.54 Å². The molecule has 0 unspecified atom stereocenters. The minimum Gasteiger partial charge on any atom is -0.359 e. The molecule has 1 aromatic heterocycles. The molecule has 78 valence electrons. The molecule has 0 amide bonds. The number of aryl methyl sites for hydroxylation is 1. The molecule has 0 aliphatic rings. The normalized spacial score (nSPS) is 10.6. The second-order valence-electron chi connectivity index (χ2n) is 3.37. The fourth-order valence-corrected chi connectivity index (χ4v) is 1.82. The Bertz CT molecular complexity index is 479. The van der Waals surface area contributed by atoms with Crippen molar-refractivity contribution in [1.82, 2.24) is 5.16 Å². The molecule has 2 rings (SSSR count). The highest BCUT2D eigenvalue weighted by atomic mass is 79.9. The number of hydrogen-bond donors (Lipinski definition) is 1. The second-order valence-corrected chi connectivity index (χ2v) is 4.22. The van der Waals surface area contributed by atoms with Gasteiger partial charge in [-0.05, 0) is 19.1 Å². The number of hydrogen-bond acceptors (Lipinski definition) is 3. The Balaban J connectivity index is 2.48. The van der Waals surface area contributed by atoms with E-state index in [1.807, 2.05) is 25.1 Å². The van der Waals surface area contributed by atoms with Crippen molar-refractivity contribution in [2.24, 2.45) is 5.73 Å². The topological polar surface area (TPSA) is 52.0 Å². The molecule has 3 nitrogen and oxygen atoms in total. The fraction of sp³-hybridized carbons (Fsp3) is 0.182. The van der Waals surface area contributed by atoms with E-state index in [2.05, 4.69) is 27.2 Å². The first kappa shape index (κ1) is 10.4. The van der Waals surface area contributed by atoms with Gasteiger partial charge in [0, 0.05) is 16.1 Å². The number of nitrogens with two attached hydrogens (primary N) is 1. The lowest BCUT2D eigenvalue weighted by Crippen LogP contribution is -1.92. The van der Waals surface area contributed by atoms with Gasteiger partial charge in [-0.15, -0.1) is 0 Å². The zero-order valence-corrected chi connectivity index (χ0v) is 9.91. The van der Waals surface area contributed by atoms with Gasteiger partial charge in [0.25, 0.3) is 0 Å². The Morgan fingerprint density at radius 1 is 1.40 bits per heavy atom. The molecule has 2 aromatic rings. The molecule has 0 saturated carbocycles. The average molecular weight is 267 g/mol. The maximum Gasteiger partial charge on any atom is 0.150 e. The number of aromatic nitrogens is 1. The number of benzene rings is 1. The van der Waals surface area contributed by atoms with Crippen molar-refractivity contribution >= 4 is 15.9 Å². The van der Waals surface area contributed by atoms with E-state index in [0.29, 0.717) is 12.3 Å². The van der Waals surface area contributed by atoms with Gasteiger partial charge in [0.1, 0.15) is 5.69 Å². The summed E-state index contributed by atoms with van der Waals surface area (Å²) in [6.45, 7) is 2.41. The first-order valence-electron chi connectivity index (χ1n) is 4.63. The van der Waals surface area contributed by atoms with Crippen LogP contribution in [0.25, 0.3) is 11.3 Å². The van der Waals surface area contributed by atoms with Crippen molar-refractivity contribution in [1.29, 1.82) is 0 Å². The monoisotopic (exact) mass is 266 g/mol. The number of rotatable bonds is 2. The molecular formula is C11H11BrN2O. The molecule has 0 spiro atoms. The van der Waals surface area contributed by atoms with Crippen LogP contribution in [-0.4, -0.2) is 5.16 Å². The summed E-state index contributed by atoms with van der Waals surface area (Å²) >= 11 is 3.49. The summed E-state index contributed by atoms with van der Waals surface area (Å²) in [5.41, 5.74) is 8.49. The highest BCUT2D eigenvalue weighted by Gasteiger charge is 2.08. The molecule has 0 bridgehead atoms. The van der Waals surface area contributed by atoms with Crippen molar-refractivity contribution in [2.75, 3.05) is 0 Å². The van der Waals surface area contributed by atoms with Crippen LogP contribution in [0.15, 0.2) is 33.3 Å². The first-order chi connectivity index (χ1) is 7.20. The van der Waals surface area contributed by atoms with Crippen LogP contribution in [0.1, 0.15) is 11.3 Å². The summed E-state index contributed by atoms with van der Waals surface area (Å²) < 4.78 is 6.07. The minimum absolute atomic E-state index is 0.371. The van der Waals surface area contributed by atoms with Gasteiger partial charge < -0.3 is 10.3 Å². The largest absolute Gasteiger partial charge is 0.359 e. The van der Waals surface area contributed by atoms with Gasteiger partial charge in [-0.2, -0.15) is 0 Å². The molecule has 0 aliphatic carbocycles. The van der Waals surface area contributed by atoms with E-state index in [1.165, 1.54) is 5.56 Å². The van der Waals surface area contributed by atoms with Gasteiger partial charge in [0.15, 0.2) is 5.76 Å². The molecule has 0 atom stereocenters. The third-order valence-electron chi connectivity index (χ3n) is 2.16. The highest BCUT2D eigenvalue weighted by molar-refractivity contribution is 9.10. The van der Waals surface area contributed by atoms with Gasteiger partial charge in [-0.25, -0.2) is 0 Å². The fourth-order valence-electron chi connectivity index (χ4n) is 1.37. The van der Waals surface area contributed by atoms with Crippen LogP contribution in [0, 0.1) is 6.92 Å². The predicted octanol–water partition coefficient (Wildman–Crippen LogP) is 2.87. The SMILES string of the molecule is Cc1ccc(Br)c(-c2cc(CN)on2)c1. The maximum atomic E-state index is 5.46. The molecule has 4 heteroatoms. The van der Waals surface area contributed by atoms with Gasteiger partial charge in [-0.3, -0.25) is 0 Å². The number of halogens is 1. The molecule has 0 radical (unpaired) electrons. The summed E-state index contributed by atoms with van der Waals surface area (Å²) in [5.74, 6) is 0.693. The number of nitrogens with zero attached hydrogens (tertiary/aromatic N) is 1. The van der Waals surface area contributed by atoms with Crippen molar-refractivity contribution in [3.8, 4) is 11.3 Å². The van der Waals surface area contributed by atoms with Gasteiger partial charge in [-0.1, -0.05) is 32.7 Å². The van der Waals surface area contributed by atoms with Crippen LogP contribution in [0.3, 0.4) is 0 Å². The molecule has 0 fully saturated rings. The second kappa shape index (κ2) is 4.16. The van der Waals surface area contributed by atoms with E-state index < -0.39 is 0 Å². The standard InChI is InChI=1S/C11H11BrN2O/c1-7-2-3-10(12)9(4-7)11-5-8(6-13)15-14-11/h2-5H,6,13H2,1H3. The molecule has 1 aromatic carbocycles. The summed E-state index contributed by atoms with van der Waals surface area (Å²) in [7, 11) is 0. The van der Waals surface area contributed by atoms with Gasteiger partial charge >= 0.3 is 0 Å². The Labute approximate surface area is 96.4 Å². The van der Waals surface area contributed by atoms with Crippen LogP contribution < -0.4 is 5.73 Å². The molecule has 0 saturated heterocycles. The third-order valence-corrected chi connectivity index (χ3v) is 2.85. The summed E-state index contributed by atoms with van der Waals surface area (Å²) in [5, 5.41) is 3.97. The van der Waals surface area contributed by atoms with Crippen LogP contribution in [0.2, 0.25) is 0 Å². The van der Waals surface area contributed by atoms with E-state index in [0.717, 1.165) is 15.7 Å². The van der Waals surface area contributed by atoms with Crippen molar-refractivity contribution < 1.29 is 4.52 Å². The Kier molecular flexibility index (Phi) is 2.88. The molecular weight excluding hydrogens is 256 g/mol. The van der Waals surface area contributed by atoms with E-state index in [-0.39, 0.29) is 0 Å². The van der Waals surface area contributed by atoms with Crippen LogP contribution in [0.4, 0.5) is 0 Å². The Hall–Kier alpha value is -1.13. The van der Waals surface area contributed by atoms with Crippen LogP contribution in [0.5, 0.6) is 0 Å². The summed E-state index contributed by atoms with van der Waals surface area (Å²) in [6, 6.07) is 7.96. The predicted molar refractivity (Wildman–Crippen MR) is 62.3 cm³/mol.